The Balaban J connectivity index is 1.66. The highest BCUT2D eigenvalue weighted by Gasteiger charge is 2.33. The molecule has 206 valence electrons. The number of para-hydroxylation sites is 1. The van der Waals surface area contributed by atoms with Gasteiger partial charge in [-0.05, 0) is 68.7 Å². The third kappa shape index (κ3) is 7.19. The van der Waals surface area contributed by atoms with Crippen molar-refractivity contribution in [3.63, 3.8) is 0 Å². The van der Waals surface area contributed by atoms with Crippen molar-refractivity contribution in [1.29, 1.82) is 0 Å². The van der Waals surface area contributed by atoms with Gasteiger partial charge in [0.1, 0.15) is 12.6 Å². The largest absolute Gasteiger partial charge is 0.352 e. The number of amides is 2. The van der Waals surface area contributed by atoms with Crippen LogP contribution in [0.3, 0.4) is 0 Å². The first kappa shape index (κ1) is 28.6. The lowest BCUT2D eigenvalue weighted by atomic mass is 10.1. The molecule has 9 heteroatoms. The number of hydrogen-bond acceptors (Lipinski definition) is 4. The minimum Gasteiger partial charge on any atom is -0.352 e. The van der Waals surface area contributed by atoms with Gasteiger partial charge in [-0.2, -0.15) is 0 Å². The molecule has 0 aromatic heterocycles. The summed E-state index contributed by atoms with van der Waals surface area (Å²) in [5, 5.41) is 3.48. The van der Waals surface area contributed by atoms with Crippen LogP contribution in [0.2, 0.25) is 5.02 Å². The van der Waals surface area contributed by atoms with Crippen LogP contribution in [0.4, 0.5) is 5.69 Å². The van der Waals surface area contributed by atoms with Gasteiger partial charge in [-0.15, -0.1) is 0 Å². The first-order valence-electron chi connectivity index (χ1n) is 13.1. The van der Waals surface area contributed by atoms with Crippen molar-refractivity contribution in [3.8, 4) is 0 Å². The SMILES string of the molecule is Cc1ccc(CN(C(=O)CN(c2ccccc2)S(=O)(=O)c2ccc(Cl)cc2)C(C)C(=O)NC2CCCC2)cc1. The zero-order valence-corrected chi connectivity index (χ0v) is 23.8. The van der Waals surface area contributed by atoms with E-state index in [-0.39, 0.29) is 23.4 Å². The molecule has 1 aliphatic carbocycles. The van der Waals surface area contributed by atoms with Gasteiger partial charge in [-0.3, -0.25) is 13.9 Å². The Morgan fingerprint density at radius 1 is 0.949 bits per heavy atom. The zero-order valence-electron chi connectivity index (χ0n) is 22.2. The molecule has 0 heterocycles. The smallest absolute Gasteiger partial charge is 0.264 e. The second-order valence-corrected chi connectivity index (χ2v) is 12.3. The van der Waals surface area contributed by atoms with E-state index >= 15 is 0 Å². The molecule has 0 saturated heterocycles. The van der Waals surface area contributed by atoms with Gasteiger partial charge in [0.25, 0.3) is 10.0 Å². The van der Waals surface area contributed by atoms with Gasteiger partial charge in [0, 0.05) is 17.6 Å². The van der Waals surface area contributed by atoms with Crippen LogP contribution < -0.4 is 9.62 Å². The van der Waals surface area contributed by atoms with E-state index in [2.05, 4.69) is 5.32 Å². The van der Waals surface area contributed by atoms with E-state index in [1.165, 1.54) is 29.2 Å². The maximum Gasteiger partial charge on any atom is 0.264 e. The summed E-state index contributed by atoms with van der Waals surface area (Å²) in [6.45, 7) is 3.37. The molecular weight excluding hydrogens is 534 g/mol. The third-order valence-corrected chi connectivity index (χ3v) is 9.11. The average molecular weight is 568 g/mol. The first-order valence-corrected chi connectivity index (χ1v) is 15.0. The molecule has 1 saturated carbocycles. The number of aryl methyl sites for hydroxylation is 1. The third-order valence-electron chi connectivity index (χ3n) is 7.07. The second-order valence-electron chi connectivity index (χ2n) is 9.97. The molecular formula is C30H34ClN3O4S. The number of hydrogen-bond donors (Lipinski definition) is 1. The van der Waals surface area contributed by atoms with Crippen molar-refractivity contribution in [1.82, 2.24) is 10.2 Å². The Morgan fingerprint density at radius 2 is 1.56 bits per heavy atom. The van der Waals surface area contributed by atoms with Gasteiger partial charge in [-0.1, -0.05) is 72.5 Å². The molecule has 0 spiro atoms. The number of carbonyl (C=O) groups is 2. The number of halogens is 1. The Morgan fingerprint density at radius 3 is 2.18 bits per heavy atom. The van der Waals surface area contributed by atoms with Crippen molar-refractivity contribution < 1.29 is 18.0 Å². The van der Waals surface area contributed by atoms with Gasteiger partial charge in [0.05, 0.1) is 10.6 Å². The second kappa shape index (κ2) is 12.7. The average Bonchev–Trinajstić information content (AvgIpc) is 3.44. The molecule has 3 aromatic rings. The summed E-state index contributed by atoms with van der Waals surface area (Å²) in [5.41, 5.74) is 2.27. The molecule has 0 bridgehead atoms. The summed E-state index contributed by atoms with van der Waals surface area (Å²) in [4.78, 5) is 28.7. The lowest BCUT2D eigenvalue weighted by Gasteiger charge is -2.32. The number of nitrogens with zero attached hydrogens (tertiary/aromatic N) is 2. The van der Waals surface area contributed by atoms with Crippen molar-refractivity contribution in [2.24, 2.45) is 0 Å². The number of carbonyl (C=O) groups excluding carboxylic acids is 2. The molecule has 1 N–H and O–H groups in total. The van der Waals surface area contributed by atoms with Crippen molar-refractivity contribution in [2.45, 2.75) is 63.1 Å². The predicted octanol–water partition coefficient (Wildman–Crippen LogP) is 5.32. The Bertz CT molecular complexity index is 1370. The fraction of sp³-hybridized carbons (Fsp3) is 0.333. The molecule has 39 heavy (non-hydrogen) atoms. The van der Waals surface area contributed by atoms with Crippen molar-refractivity contribution in [2.75, 3.05) is 10.8 Å². The van der Waals surface area contributed by atoms with E-state index in [0.29, 0.717) is 10.7 Å². The molecule has 1 unspecified atom stereocenters. The van der Waals surface area contributed by atoms with Crippen LogP contribution in [0.1, 0.15) is 43.7 Å². The summed E-state index contributed by atoms with van der Waals surface area (Å²) >= 11 is 5.99. The predicted molar refractivity (Wildman–Crippen MR) is 154 cm³/mol. The lowest BCUT2D eigenvalue weighted by Crippen LogP contribution is -2.52. The molecule has 1 atom stereocenters. The van der Waals surface area contributed by atoms with Crippen LogP contribution >= 0.6 is 11.6 Å². The van der Waals surface area contributed by atoms with Crippen LogP contribution in [0.25, 0.3) is 0 Å². The fourth-order valence-corrected chi connectivity index (χ4v) is 6.26. The molecule has 7 nitrogen and oxygen atoms in total. The van der Waals surface area contributed by atoms with Crippen LogP contribution in [0.15, 0.2) is 83.8 Å². The number of sulfonamides is 1. The zero-order chi connectivity index (χ0) is 28.0. The summed E-state index contributed by atoms with van der Waals surface area (Å²) in [6.07, 6.45) is 3.98. The van der Waals surface area contributed by atoms with E-state index < -0.39 is 28.5 Å². The fourth-order valence-electron chi connectivity index (χ4n) is 4.72. The highest BCUT2D eigenvalue weighted by Crippen LogP contribution is 2.25. The summed E-state index contributed by atoms with van der Waals surface area (Å²) in [6, 6.07) is 21.3. The van der Waals surface area contributed by atoms with Crippen molar-refractivity contribution >= 4 is 39.1 Å². The number of anilines is 1. The quantitative estimate of drug-likeness (QED) is 0.359. The minimum atomic E-state index is -4.12. The highest BCUT2D eigenvalue weighted by molar-refractivity contribution is 7.92. The normalized spacial score (nSPS) is 14.5. The molecule has 1 fully saturated rings. The van der Waals surface area contributed by atoms with Crippen LogP contribution in [0, 0.1) is 6.92 Å². The lowest BCUT2D eigenvalue weighted by molar-refractivity contribution is -0.139. The molecule has 2 amide bonds. The van der Waals surface area contributed by atoms with Crippen LogP contribution in [-0.4, -0.2) is 43.8 Å². The minimum absolute atomic E-state index is 0.0145. The number of benzene rings is 3. The molecule has 3 aromatic carbocycles. The van der Waals surface area contributed by atoms with Gasteiger partial charge >= 0.3 is 0 Å². The summed E-state index contributed by atoms with van der Waals surface area (Å²) in [7, 11) is -4.12. The molecule has 1 aliphatic rings. The van der Waals surface area contributed by atoms with Crippen LogP contribution in [-0.2, 0) is 26.2 Å². The molecule has 0 radical (unpaired) electrons. The van der Waals surface area contributed by atoms with Gasteiger partial charge in [0.15, 0.2) is 0 Å². The van der Waals surface area contributed by atoms with E-state index in [0.717, 1.165) is 41.1 Å². The number of nitrogens with one attached hydrogen (secondary N) is 1. The molecule has 0 aliphatic heterocycles. The van der Waals surface area contributed by atoms with E-state index in [1.807, 2.05) is 31.2 Å². The van der Waals surface area contributed by atoms with Crippen molar-refractivity contribution in [3.05, 3.63) is 95.0 Å². The van der Waals surface area contributed by atoms with Gasteiger partial charge in [0.2, 0.25) is 11.8 Å². The number of rotatable bonds is 10. The monoisotopic (exact) mass is 567 g/mol. The Hall–Kier alpha value is -3.36. The highest BCUT2D eigenvalue weighted by atomic mass is 35.5. The topological polar surface area (TPSA) is 86.8 Å². The van der Waals surface area contributed by atoms with Gasteiger partial charge in [-0.25, -0.2) is 8.42 Å². The first-order chi connectivity index (χ1) is 18.6. The maximum atomic E-state index is 13.9. The summed E-state index contributed by atoms with van der Waals surface area (Å²) in [5.74, 6) is -0.722. The van der Waals surface area contributed by atoms with E-state index in [1.54, 1.807) is 37.3 Å². The van der Waals surface area contributed by atoms with E-state index in [9.17, 15) is 18.0 Å². The van der Waals surface area contributed by atoms with Gasteiger partial charge < -0.3 is 10.2 Å². The van der Waals surface area contributed by atoms with Crippen LogP contribution in [0.5, 0.6) is 0 Å². The summed E-state index contributed by atoms with van der Waals surface area (Å²) < 4.78 is 28.6. The molecule has 4 rings (SSSR count). The maximum absolute atomic E-state index is 13.9. The Kier molecular flexibility index (Phi) is 9.30. The Labute approximate surface area is 235 Å². The standard InChI is InChI=1S/C30H34ClN3O4S/c1-22-12-14-24(15-13-22)20-33(23(2)30(36)32-26-8-6-7-9-26)29(35)21-34(27-10-4-3-5-11-27)39(37,38)28-18-16-25(31)17-19-28/h3-5,10-19,23,26H,6-9,20-21H2,1-2H3,(H,32,36). The van der Waals surface area contributed by atoms with E-state index in [4.69, 9.17) is 11.6 Å².